The fourth-order valence-electron chi connectivity index (χ4n) is 3.50. The number of anilines is 1. The zero-order chi connectivity index (χ0) is 20.9. The monoisotopic (exact) mass is 397 g/mol. The van der Waals surface area contributed by atoms with Crippen molar-refractivity contribution < 1.29 is 14.3 Å². The number of para-hydroxylation sites is 1. The largest absolute Gasteiger partial charge is 0.445 e. The lowest BCUT2D eigenvalue weighted by Crippen LogP contribution is -2.38. The van der Waals surface area contributed by atoms with Gasteiger partial charge >= 0.3 is 6.09 Å². The Balaban J connectivity index is 0.000000231. The van der Waals surface area contributed by atoms with Gasteiger partial charge in [-0.3, -0.25) is 4.79 Å². The van der Waals surface area contributed by atoms with Crippen molar-refractivity contribution in [2.24, 2.45) is 0 Å². The molecule has 0 radical (unpaired) electrons. The van der Waals surface area contributed by atoms with Gasteiger partial charge < -0.3 is 20.3 Å². The van der Waals surface area contributed by atoms with Gasteiger partial charge in [-0.1, -0.05) is 62.4 Å². The van der Waals surface area contributed by atoms with Gasteiger partial charge in [0.05, 0.1) is 6.04 Å². The molecule has 6 nitrogen and oxygen atoms in total. The Bertz CT molecular complexity index is 725. The number of hydrogen-bond acceptors (Lipinski definition) is 4. The molecular formula is C23H31N3O3. The smallest absolute Gasteiger partial charge is 0.410 e. The van der Waals surface area contributed by atoms with Crippen LogP contribution in [-0.4, -0.2) is 42.6 Å². The number of carbonyl (C=O) groups is 2. The summed E-state index contributed by atoms with van der Waals surface area (Å²) in [7, 11) is 0. The normalized spacial score (nSPS) is 19.0. The zero-order valence-corrected chi connectivity index (χ0v) is 17.2. The van der Waals surface area contributed by atoms with Crippen LogP contribution in [0, 0.1) is 0 Å². The average Bonchev–Trinajstić information content (AvgIpc) is 3.40. The Kier molecular flexibility index (Phi) is 9.72. The topological polar surface area (TPSA) is 70.7 Å². The first kappa shape index (κ1) is 22.4. The molecule has 2 aromatic rings. The van der Waals surface area contributed by atoms with Crippen LogP contribution >= 0.6 is 0 Å². The maximum Gasteiger partial charge on any atom is 0.410 e. The van der Waals surface area contributed by atoms with E-state index in [4.69, 9.17) is 4.74 Å². The van der Waals surface area contributed by atoms with E-state index in [0.29, 0.717) is 25.1 Å². The lowest BCUT2D eigenvalue weighted by molar-refractivity contribution is -0.105. The molecule has 156 valence electrons. The molecule has 6 heteroatoms. The Hall–Kier alpha value is -2.86. The molecule has 2 atom stereocenters. The zero-order valence-electron chi connectivity index (χ0n) is 17.2. The van der Waals surface area contributed by atoms with E-state index < -0.39 is 0 Å². The van der Waals surface area contributed by atoms with Crippen LogP contribution in [0.4, 0.5) is 10.5 Å². The third-order valence-corrected chi connectivity index (χ3v) is 4.83. The maximum absolute atomic E-state index is 12.0. The second-order valence-corrected chi connectivity index (χ2v) is 6.57. The Morgan fingerprint density at radius 1 is 1.10 bits per heavy atom. The predicted octanol–water partition coefficient (Wildman–Crippen LogP) is 4.04. The van der Waals surface area contributed by atoms with Crippen LogP contribution < -0.4 is 10.6 Å². The van der Waals surface area contributed by atoms with Crippen LogP contribution in [0.15, 0.2) is 60.7 Å². The minimum absolute atomic E-state index is 0.171. The highest BCUT2D eigenvalue weighted by molar-refractivity contribution is 5.70. The van der Waals surface area contributed by atoms with E-state index in [1.165, 1.54) is 0 Å². The highest BCUT2D eigenvalue weighted by atomic mass is 16.6. The van der Waals surface area contributed by atoms with Crippen molar-refractivity contribution in [3.8, 4) is 0 Å². The lowest BCUT2D eigenvalue weighted by Gasteiger charge is -2.22. The van der Waals surface area contributed by atoms with Gasteiger partial charge in [0.25, 0.3) is 0 Å². The van der Waals surface area contributed by atoms with Gasteiger partial charge in [0, 0.05) is 18.3 Å². The average molecular weight is 398 g/mol. The molecular weight excluding hydrogens is 366 g/mol. The fraction of sp³-hybridized carbons (Fsp3) is 0.391. The van der Waals surface area contributed by atoms with Gasteiger partial charge in [0.15, 0.2) is 0 Å². The molecule has 2 heterocycles. The summed E-state index contributed by atoms with van der Waals surface area (Å²) in [5.74, 6) is 0. The first-order chi connectivity index (χ1) is 14.3. The molecule has 0 bridgehead atoms. The van der Waals surface area contributed by atoms with Crippen LogP contribution in [-0.2, 0) is 16.1 Å². The molecule has 0 saturated carbocycles. The molecule has 2 aliphatic heterocycles. The van der Waals surface area contributed by atoms with Crippen LogP contribution in [0.25, 0.3) is 0 Å². The Morgan fingerprint density at radius 3 is 2.41 bits per heavy atom. The number of hydrogen-bond donors (Lipinski definition) is 2. The first-order valence-corrected chi connectivity index (χ1v) is 10.2. The predicted molar refractivity (Wildman–Crippen MR) is 116 cm³/mol. The van der Waals surface area contributed by atoms with Crippen molar-refractivity contribution in [1.29, 1.82) is 0 Å². The van der Waals surface area contributed by atoms with E-state index >= 15 is 0 Å². The molecule has 29 heavy (non-hydrogen) atoms. The number of ether oxygens (including phenoxy) is 1. The quantitative estimate of drug-likeness (QED) is 0.764. The second kappa shape index (κ2) is 12.6. The van der Waals surface area contributed by atoms with Gasteiger partial charge in [-0.15, -0.1) is 0 Å². The van der Waals surface area contributed by atoms with E-state index in [9.17, 15) is 9.59 Å². The van der Waals surface area contributed by atoms with E-state index in [-0.39, 0.29) is 6.09 Å². The summed E-state index contributed by atoms with van der Waals surface area (Å²) in [5, 5.41) is 5.95. The SMILES string of the molecule is CC.O=C(OCc1ccccc1)N1CCC2NCCC21.O=CNc1ccccc1. The summed E-state index contributed by atoms with van der Waals surface area (Å²) in [6.07, 6.45) is 2.58. The number of fused-ring (bicyclic) bond motifs is 1. The minimum atomic E-state index is -0.171. The highest BCUT2D eigenvalue weighted by Crippen LogP contribution is 2.25. The summed E-state index contributed by atoms with van der Waals surface area (Å²) in [6.45, 7) is 6.19. The molecule has 0 aromatic heterocycles. The van der Waals surface area contributed by atoms with Crippen molar-refractivity contribution in [3.05, 3.63) is 66.2 Å². The number of likely N-dealkylation sites (tertiary alicyclic amines) is 1. The summed E-state index contributed by atoms with van der Waals surface area (Å²) >= 11 is 0. The van der Waals surface area contributed by atoms with Crippen molar-refractivity contribution in [3.63, 3.8) is 0 Å². The molecule has 2 aliphatic rings. The van der Waals surface area contributed by atoms with Gasteiger partial charge in [-0.2, -0.15) is 0 Å². The molecule has 0 spiro atoms. The first-order valence-electron chi connectivity index (χ1n) is 10.2. The maximum atomic E-state index is 12.0. The summed E-state index contributed by atoms with van der Waals surface area (Å²) in [4.78, 5) is 23.8. The van der Waals surface area contributed by atoms with Crippen molar-refractivity contribution in [1.82, 2.24) is 10.2 Å². The Morgan fingerprint density at radius 2 is 1.76 bits per heavy atom. The molecule has 2 aromatic carbocycles. The number of nitrogens with one attached hydrogen (secondary N) is 2. The van der Waals surface area contributed by atoms with E-state index in [1.54, 1.807) is 0 Å². The van der Waals surface area contributed by atoms with E-state index in [1.807, 2.05) is 79.4 Å². The summed E-state index contributed by atoms with van der Waals surface area (Å²) < 4.78 is 5.38. The van der Waals surface area contributed by atoms with Crippen molar-refractivity contribution in [2.75, 3.05) is 18.4 Å². The number of benzene rings is 2. The molecule has 2 N–H and O–H groups in total. The second-order valence-electron chi connectivity index (χ2n) is 6.57. The molecule has 0 aliphatic carbocycles. The number of rotatable bonds is 4. The number of carbonyl (C=O) groups excluding carboxylic acids is 2. The minimum Gasteiger partial charge on any atom is -0.445 e. The van der Waals surface area contributed by atoms with Gasteiger partial charge in [0.2, 0.25) is 6.41 Å². The third kappa shape index (κ3) is 6.91. The van der Waals surface area contributed by atoms with Gasteiger partial charge in [-0.05, 0) is 37.1 Å². The summed E-state index contributed by atoms with van der Waals surface area (Å²) in [6, 6.07) is 19.9. The van der Waals surface area contributed by atoms with Crippen LogP contribution in [0.2, 0.25) is 0 Å². The molecule has 2 saturated heterocycles. The third-order valence-electron chi connectivity index (χ3n) is 4.83. The van der Waals surface area contributed by atoms with Crippen molar-refractivity contribution >= 4 is 18.2 Å². The van der Waals surface area contributed by atoms with E-state index in [2.05, 4.69) is 10.6 Å². The van der Waals surface area contributed by atoms with Crippen molar-refractivity contribution in [2.45, 2.75) is 45.4 Å². The standard InChI is InChI=1S/C14H18N2O2.C7H7NO.C2H6/c17-14(18-10-11-4-2-1-3-5-11)16-9-7-12-13(16)6-8-15-12;9-6-8-7-4-2-1-3-5-7;1-2/h1-5,12-13,15H,6-10H2;1-6H,(H,8,9);1-2H3. The molecule has 4 rings (SSSR count). The van der Waals surface area contributed by atoms with Crippen LogP contribution in [0.1, 0.15) is 32.3 Å². The molecule has 2 unspecified atom stereocenters. The fourth-order valence-corrected chi connectivity index (χ4v) is 3.50. The van der Waals surface area contributed by atoms with Gasteiger partial charge in [0.1, 0.15) is 6.61 Å². The Labute approximate surface area is 173 Å². The van der Waals surface area contributed by atoms with Gasteiger partial charge in [-0.25, -0.2) is 4.79 Å². The van der Waals surface area contributed by atoms with Crippen LogP contribution in [0.3, 0.4) is 0 Å². The number of amides is 2. The number of nitrogens with zero attached hydrogens (tertiary/aromatic N) is 1. The summed E-state index contributed by atoms with van der Waals surface area (Å²) in [5.41, 5.74) is 1.86. The molecule has 2 amide bonds. The van der Waals surface area contributed by atoms with E-state index in [0.717, 1.165) is 37.2 Å². The molecule has 2 fully saturated rings. The van der Waals surface area contributed by atoms with Crippen LogP contribution in [0.5, 0.6) is 0 Å². The lowest BCUT2D eigenvalue weighted by atomic mass is 10.1. The highest BCUT2D eigenvalue weighted by Gasteiger charge is 2.40.